The van der Waals surface area contributed by atoms with Gasteiger partial charge in [-0.15, -0.1) is 0 Å². The van der Waals surface area contributed by atoms with E-state index in [4.69, 9.17) is 10.8 Å². The average molecular weight is 215 g/mol. The van der Waals surface area contributed by atoms with Crippen LogP contribution in [0.2, 0.25) is 0 Å². The molecule has 2 unspecified atom stereocenters. The smallest absolute Gasteiger partial charge is 0.306 e. The third-order valence-electron chi connectivity index (χ3n) is 2.79. The van der Waals surface area contributed by atoms with E-state index in [0.29, 0.717) is 18.8 Å². The van der Waals surface area contributed by atoms with E-state index in [1.165, 1.54) is 0 Å². The first-order valence-corrected chi connectivity index (χ1v) is 5.48. The van der Waals surface area contributed by atoms with Gasteiger partial charge < -0.3 is 10.8 Å². The van der Waals surface area contributed by atoms with Gasteiger partial charge in [-0.25, -0.2) is 0 Å². The first kappa shape index (κ1) is 13.9. The molecule has 4 nitrogen and oxygen atoms in total. The van der Waals surface area contributed by atoms with Crippen molar-refractivity contribution >= 4 is 11.9 Å². The van der Waals surface area contributed by atoms with Crippen molar-refractivity contribution in [3.05, 3.63) is 0 Å². The molecule has 0 bridgehead atoms. The van der Waals surface area contributed by atoms with Crippen LogP contribution < -0.4 is 5.73 Å². The Bertz CT molecular complexity index is 216. The lowest BCUT2D eigenvalue weighted by molar-refractivity contribution is -0.142. The summed E-state index contributed by atoms with van der Waals surface area (Å²) in [5, 5.41) is 8.92. The summed E-state index contributed by atoms with van der Waals surface area (Å²) in [6.45, 7) is 4.19. The predicted molar refractivity (Wildman–Crippen MR) is 58.2 cm³/mol. The summed E-state index contributed by atoms with van der Waals surface area (Å²) >= 11 is 0. The van der Waals surface area contributed by atoms with Crippen LogP contribution in [-0.2, 0) is 9.59 Å². The molecule has 1 amide bonds. The van der Waals surface area contributed by atoms with Crippen LogP contribution in [-0.4, -0.2) is 17.0 Å². The van der Waals surface area contributed by atoms with E-state index in [9.17, 15) is 9.59 Å². The molecule has 0 aliphatic rings. The SMILES string of the molecule is CCC(C)CCC(CCC(N)=O)C(=O)O. The highest BCUT2D eigenvalue weighted by atomic mass is 16.4. The van der Waals surface area contributed by atoms with Crippen LogP contribution in [0.25, 0.3) is 0 Å². The standard InChI is InChI=1S/C11H21NO3/c1-3-8(2)4-5-9(11(14)15)6-7-10(12)13/h8-9H,3-7H2,1-2H3,(H2,12,13)(H,14,15). The number of hydrogen-bond acceptors (Lipinski definition) is 2. The fourth-order valence-electron chi connectivity index (χ4n) is 1.40. The van der Waals surface area contributed by atoms with Gasteiger partial charge >= 0.3 is 5.97 Å². The number of amides is 1. The fourth-order valence-corrected chi connectivity index (χ4v) is 1.40. The highest BCUT2D eigenvalue weighted by Crippen LogP contribution is 2.19. The molecule has 0 rings (SSSR count). The molecule has 3 N–H and O–H groups in total. The van der Waals surface area contributed by atoms with Crippen molar-refractivity contribution in [2.24, 2.45) is 17.6 Å². The van der Waals surface area contributed by atoms with Gasteiger partial charge in [-0.3, -0.25) is 9.59 Å². The van der Waals surface area contributed by atoms with Crippen LogP contribution in [0.1, 0.15) is 46.0 Å². The van der Waals surface area contributed by atoms with Crippen molar-refractivity contribution in [3.8, 4) is 0 Å². The molecule has 4 heteroatoms. The van der Waals surface area contributed by atoms with E-state index < -0.39 is 17.8 Å². The summed E-state index contributed by atoms with van der Waals surface area (Å²) in [5.41, 5.74) is 4.99. The van der Waals surface area contributed by atoms with Crippen LogP contribution >= 0.6 is 0 Å². The molecule has 2 atom stereocenters. The number of aliphatic carboxylic acids is 1. The van der Waals surface area contributed by atoms with E-state index in [1.54, 1.807) is 0 Å². The molecule has 0 spiro atoms. The molecular formula is C11H21NO3. The third-order valence-corrected chi connectivity index (χ3v) is 2.79. The van der Waals surface area contributed by atoms with E-state index in [0.717, 1.165) is 12.8 Å². The van der Waals surface area contributed by atoms with Gasteiger partial charge in [0.05, 0.1) is 5.92 Å². The molecule has 0 aromatic carbocycles. The molecule has 0 aromatic rings. The Balaban J connectivity index is 3.94. The van der Waals surface area contributed by atoms with Crippen molar-refractivity contribution in [2.45, 2.75) is 46.0 Å². The number of hydrogen-bond donors (Lipinski definition) is 2. The lowest BCUT2D eigenvalue weighted by atomic mass is 9.92. The Morgan fingerprint density at radius 1 is 1.27 bits per heavy atom. The first-order valence-electron chi connectivity index (χ1n) is 5.48. The van der Waals surface area contributed by atoms with Crippen LogP contribution in [0.4, 0.5) is 0 Å². The molecular weight excluding hydrogens is 194 g/mol. The minimum absolute atomic E-state index is 0.164. The molecule has 15 heavy (non-hydrogen) atoms. The van der Waals surface area contributed by atoms with Gasteiger partial charge in [-0.2, -0.15) is 0 Å². The Hall–Kier alpha value is -1.06. The fraction of sp³-hybridized carbons (Fsp3) is 0.818. The number of nitrogens with two attached hydrogens (primary N) is 1. The van der Waals surface area contributed by atoms with E-state index in [-0.39, 0.29) is 6.42 Å². The zero-order valence-electron chi connectivity index (χ0n) is 9.53. The van der Waals surface area contributed by atoms with Gasteiger partial charge in [0.25, 0.3) is 0 Å². The third kappa shape index (κ3) is 6.94. The van der Waals surface area contributed by atoms with Crippen LogP contribution in [0.15, 0.2) is 0 Å². The largest absolute Gasteiger partial charge is 0.481 e. The maximum absolute atomic E-state index is 10.9. The van der Waals surface area contributed by atoms with Crippen molar-refractivity contribution in [1.82, 2.24) is 0 Å². The van der Waals surface area contributed by atoms with Crippen LogP contribution in [0.3, 0.4) is 0 Å². The summed E-state index contributed by atoms with van der Waals surface area (Å²) in [6, 6.07) is 0. The van der Waals surface area contributed by atoms with Crippen molar-refractivity contribution in [1.29, 1.82) is 0 Å². The second kappa shape index (κ2) is 7.26. The van der Waals surface area contributed by atoms with Gasteiger partial charge in [-0.1, -0.05) is 20.3 Å². The lowest BCUT2D eigenvalue weighted by Crippen LogP contribution is -2.19. The molecule has 0 aromatic heterocycles. The topological polar surface area (TPSA) is 80.4 Å². The molecule has 0 aliphatic carbocycles. The van der Waals surface area contributed by atoms with Gasteiger partial charge in [0, 0.05) is 6.42 Å². The number of carboxylic acids is 1. The number of carbonyl (C=O) groups is 2. The summed E-state index contributed by atoms with van der Waals surface area (Å²) in [7, 11) is 0. The van der Waals surface area contributed by atoms with Crippen molar-refractivity contribution in [2.75, 3.05) is 0 Å². The summed E-state index contributed by atoms with van der Waals surface area (Å²) in [4.78, 5) is 21.4. The molecule has 0 heterocycles. The summed E-state index contributed by atoms with van der Waals surface area (Å²) in [6.07, 6.45) is 3.12. The predicted octanol–water partition coefficient (Wildman–Crippen LogP) is 1.78. The van der Waals surface area contributed by atoms with Crippen molar-refractivity contribution < 1.29 is 14.7 Å². The zero-order chi connectivity index (χ0) is 11.8. The Morgan fingerprint density at radius 3 is 2.27 bits per heavy atom. The minimum atomic E-state index is -0.820. The molecule has 88 valence electrons. The Morgan fingerprint density at radius 2 is 1.87 bits per heavy atom. The average Bonchev–Trinajstić information content (AvgIpc) is 2.16. The molecule has 0 saturated carbocycles. The molecule has 0 saturated heterocycles. The first-order chi connectivity index (χ1) is 6.97. The Kier molecular flexibility index (Phi) is 6.75. The quantitative estimate of drug-likeness (QED) is 0.647. The normalized spacial score (nSPS) is 14.5. The number of primary amides is 1. The van der Waals surface area contributed by atoms with Crippen LogP contribution in [0, 0.1) is 11.8 Å². The van der Waals surface area contributed by atoms with E-state index in [1.807, 2.05) is 0 Å². The lowest BCUT2D eigenvalue weighted by Gasteiger charge is -2.13. The number of carboxylic acid groups (broad SMARTS) is 1. The summed E-state index contributed by atoms with van der Waals surface area (Å²) in [5.74, 6) is -1.13. The second-order valence-electron chi connectivity index (χ2n) is 4.13. The van der Waals surface area contributed by atoms with Gasteiger partial charge in [0.15, 0.2) is 0 Å². The number of carbonyl (C=O) groups excluding carboxylic acids is 1. The highest BCUT2D eigenvalue weighted by Gasteiger charge is 2.18. The maximum atomic E-state index is 10.9. The van der Waals surface area contributed by atoms with Gasteiger partial charge in [-0.05, 0) is 25.2 Å². The van der Waals surface area contributed by atoms with Gasteiger partial charge in [0.1, 0.15) is 0 Å². The maximum Gasteiger partial charge on any atom is 0.306 e. The summed E-state index contributed by atoms with van der Waals surface area (Å²) < 4.78 is 0. The molecule has 0 aliphatic heterocycles. The molecule has 0 fully saturated rings. The van der Waals surface area contributed by atoms with E-state index in [2.05, 4.69) is 13.8 Å². The highest BCUT2D eigenvalue weighted by molar-refractivity contribution is 5.75. The molecule has 0 radical (unpaired) electrons. The van der Waals surface area contributed by atoms with Gasteiger partial charge in [0.2, 0.25) is 5.91 Å². The minimum Gasteiger partial charge on any atom is -0.481 e. The van der Waals surface area contributed by atoms with Crippen molar-refractivity contribution in [3.63, 3.8) is 0 Å². The number of rotatable bonds is 8. The van der Waals surface area contributed by atoms with E-state index >= 15 is 0 Å². The Labute approximate surface area is 90.8 Å². The van der Waals surface area contributed by atoms with Crippen LogP contribution in [0.5, 0.6) is 0 Å². The second-order valence-corrected chi connectivity index (χ2v) is 4.13. The monoisotopic (exact) mass is 215 g/mol. The zero-order valence-corrected chi connectivity index (χ0v) is 9.53.